The fraction of sp³-hybridized carbons (Fsp3) is 0.462. The molecule has 7 heteroatoms. The highest BCUT2D eigenvalue weighted by Gasteiger charge is 2.18. The zero-order chi connectivity index (χ0) is 24.1. The number of esters is 2. The predicted molar refractivity (Wildman–Crippen MR) is 127 cm³/mol. The first kappa shape index (κ1) is 26.6. The highest BCUT2D eigenvalue weighted by atomic mass is 32.2. The molecule has 2 rings (SSSR count). The molecule has 0 saturated carbocycles. The maximum atomic E-state index is 12.8. The lowest BCUT2D eigenvalue weighted by atomic mass is 10.1. The lowest BCUT2D eigenvalue weighted by molar-refractivity contribution is -0.134. The molecule has 0 saturated heterocycles. The van der Waals surface area contributed by atoms with Gasteiger partial charge < -0.3 is 9.47 Å². The van der Waals surface area contributed by atoms with Crippen LogP contribution in [0.2, 0.25) is 0 Å². The van der Waals surface area contributed by atoms with Gasteiger partial charge in [-0.15, -0.1) is 0 Å². The van der Waals surface area contributed by atoms with Crippen molar-refractivity contribution in [1.29, 1.82) is 0 Å². The summed E-state index contributed by atoms with van der Waals surface area (Å²) in [6.45, 7) is 3.49. The van der Waals surface area contributed by atoms with E-state index in [9.17, 15) is 18.0 Å². The molecule has 0 unspecified atom stereocenters. The van der Waals surface area contributed by atoms with Crippen molar-refractivity contribution in [2.24, 2.45) is 0 Å². The Morgan fingerprint density at radius 2 is 1.09 bits per heavy atom. The number of benzene rings is 2. The highest BCUT2D eigenvalue weighted by Crippen LogP contribution is 2.25. The number of unbranched alkanes of at least 4 members (excludes halogenated alkanes) is 8. The van der Waals surface area contributed by atoms with Gasteiger partial charge in [-0.2, -0.15) is 0 Å². The average Bonchev–Trinajstić information content (AvgIpc) is 2.78. The molecular weight excluding hydrogens is 440 g/mol. The Morgan fingerprint density at radius 1 is 0.667 bits per heavy atom. The van der Waals surface area contributed by atoms with Crippen molar-refractivity contribution in [3.05, 3.63) is 48.5 Å². The molecule has 0 aliphatic heterocycles. The molecule has 0 heterocycles. The van der Waals surface area contributed by atoms with Gasteiger partial charge in [-0.05, 0) is 55.0 Å². The zero-order valence-electron chi connectivity index (χ0n) is 19.5. The van der Waals surface area contributed by atoms with E-state index < -0.39 is 15.8 Å². The summed E-state index contributed by atoms with van der Waals surface area (Å²) in [6.07, 6.45) is 10.9. The van der Waals surface area contributed by atoms with Crippen LogP contribution in [-0.2, 0) is 19.4 Å². The average molecular weight is 475 g/mol. The maximum Gasteiger partial charge on any atom is 0.311 e. The first-order chi connectivity index (χ1) is 15.8. The summed E-state index contributed by atoms with van der Waals surface area (Å²) in [5.74, 6) is -0.195. The van der Waals surface area contributed by atoms with Gasteiger partial charge in [-0.3, -0.25) is 9.59 Å². The van der Waals surface area contributed by atoms with Gasteiger partial charge in [0.15, 0.2) is 0 Å². The van der Waals surface area contributed by atoms with Crippen LogP contribution in [0.5, 0.6) is 11.5 Å². The topological polar surface area (TPSA) is 86.7 Å². The Bertz CT molecular complexity index is 978. The van der Waals surface area contributed by atoms with Crippen molar-refractivity contribution in [1.82, 2.24) is 0 Å². The number of carbonyl (C=O) groups is 2. The van der Waals surface area contributed by atoms with Crippen LogP contribution in [-0.4, -0.2) is 20.4 Å². The van der Waals surface area contributed by atoms with Crippen LogP contribution in [0.3, 0.4) is 0 Å². The lowest BCUT2D eigenvalue weighted by Crippen LogP contribution is -2.08. The quantitative estimate of drug-likeness (QED) is 0.182. The minimum Gasteiger partial charge on any atom is -0.427 e. The molecule has 0 amide bonds. The molecule has 6 nitrogen and oxygen atoms in total. The number of hydrogen-bond acceptors (Lipinski definition) is 6. The van der Waals surface area contributed by atoms with E-state index >= 15 is 0 Å². The van der Waals surface area contributed by atoms with E-state index in [2.05, 4.69) is 6.92 Å². The molecule has 180 valence electrons. The molecule has 0 bridgehead atoms. The molecule has 0 aliphatic rings. The van der Waals surface area contributed by atoms with Gasteiger partial charge in [0.2, 0.25) is 9.84 Å². The third-order valence-electron chi connectivity index (χ3n) is 5.25. The summed E-state index contributed by atoms with van der Waals surface area (Å²) in [5, 5.41) is 0. The molecule has 0 fully saturated rings. The second kappa shape index (κ2) is 13.8. The van der Waals surface area contributed by atoms with E-state index in [-0.39, 0.29) is 21.5 Å². The summed E-state index contributed by atoms with van der Waals surface area (Å²) in [6, 6.07) is 11.4. The SMILES string of the molecule is CCCCCCCCCCCC(=O)Oc1ccc(S(=O)(=O)c2ccc(OC(C)=O)cc2)cc1. The first-order valence-electron chi connectivity index (χ1n) is 11.7. The smallest absolute Gasteiger partial charge is 0.311 e. The van der Waals surface area contributed by atoms with Crippen LogP contribution in [0.4, 0.5) is 0 Å². The maximum absolute atomic E-state index is 12.8. The Balaban J connectivity index is 1.78. The first-order valence-corrected chi connectivity index (χ1v) is 13.2. The van der Waals surface area contributed by atoms with Crippen LogP contribution in [0.1, 0.15) is 78.1 Å². The molecule has 0 atom stereocenters. The number of ether oxygens (including phenoxy) is 2. The van der Waals surface area contributed by atoms with Crippen molar-refractivity contribution in [2.45, 2.75) is 87.8 Å². The molecule has 2 aromatic rings. The van der Waals surface area contributed by atoms with Crippen molar-refractivity contribution in [2.75, 3.05) is 0 Å². The van der Waals surface area contributed by atoms with Gasteiger partial charge in [0, 0.05) is 13.3 Å². The van der Waals surface area contributed by atoms with Crippen LogP contribution >= 0.6 is 0 Å². The molecule has 0 aliphatic carbocycles. The van der Waals surface area contributed by atoms with E-state index in [1.807, 2.05) is 0 Å². The summed E-state index contributed by atoms with van der Waals surface area (Å²) < 4.78 is 35.8. The molecule has 33 heavy (non-hydrogen) atoms. The monoisotopic (exact) mass is 474 g/mol. The predicted octanol–water partition coefficient (Wildman–Crippen LogP) is 6.27. The minimum absolute atomic E-state index is 0.0773. The third-order valence-corrected chi connectivity index (χ3v) is 7.03. The third kappa shape index (κ3) is 9.38. The number of hydrogen-bond donors (Lipinski definition) is 0. The van der Waals surface area contributed by atoms with E-state index in [1.165, 1.54) is 94.0 Å². The van der Waals surface area contributed by atoms with Crippen molar-refractivity contribution in [3.63, 3.8) is 0 Å². The van der Waals surface area contributed by atoms with Crippen molar-refractivity contribution >= 4 is 21.8 Å². The second-order valence-electron chi connectivity index (χ2n) is 8.09. The summed E-state index contributed by atoms with van der Waals surface area (Å²) in [4.78, 5) is 23.2. The van der Waals surface area contributed by atoms with Gasteiger partial charge >= 0.3 is 11.9 Å². The Hall–Kier alpha value is -2.67. The van der Waals surface area contributed by atoms with Gasteiger partial charge in [-0.1, -0.05) is 58.3 Å². The van der Waals surface area contributed by atoms with Crippen LogP contribution in [0, 0.1) is 0 Å². The van der Waals surface area contributed by atoms with E-state index in [1.54, 1.807) is 0 Å². The van der Waals surface area contributed by atoms with Gasteiger partial charge in [0.05, 0.1) is 9.79 Å². The molecule has 0 spiro atoms. The van der Waals surface area contributed by atoms with Gasteiger partial charge in [0.1, 0.15) is 11.5 Å². The van der Waals surface area contributed by atoms with Gasteiger partial charge in [0.25, 0.3) is 0 Å². The van der Waals surface area contributed by atoms with E-state index in [4.69, 9.17) is 9.47 Å². The lowest BCUT2D eigenvalue weighted by Gasteiger charge is -2.08. The number of rotatable bonds is 14. The summed E-state index contributed by atoms with van der Waals surface area (Å²) in [5.41, 5.74) is 0. The molecular formula is C26H34O6S. The summed E-state index contributed by atoms with van der Waals surface area (Å²) in [7, 11) is -3.74. The fourth-order valence-corrected chi connectivity index (χ4v) is 4.70. The minimum atomic E-state index is -3.74. The van der Waals surface area contributed by atoms with E-state index in [0.717, 1.165) is 19.3 Å². The standard InChI is InChI=1S/C26H34O6S/c1-3-4-5-6-7-8-9-10-11-12-26(28)32-23-15-19-25(20-16-23)33(29,30)24-17-13-22(14-18-24)31-21(2)27/h13-20H,3-12H2,1-2H3. The molecule has 0 aromatic heterocycles. The van der Waals surface area contributed by atoms with Gasteiger partial charge in [-0.25, -0.2) is 8.42 Å². The van der Waals surface area contributed by atoms with Crippen LogP contribution in [0.15, 0.2) is 58.3 Å². The molecule has 2 aromatic carbocycles. The van der Waals surface area contributed by atoms with Crippen molar-refractivity contribution < 1.29 is 27.5 Å². The normalized spacial score (nSPS) is 11.2. The van der Waals surface area contributed by atoms with E-state index in [0.29, 0.717) is 12.2 Å². The Morgan fingerprint density at radius 3 is 1.55 bits per heavy atom. The highest BCUT2D eigenvalue weighted by molar-refractivity contribution is 7.91. The fourth-order valence-electron chi connectivity index (χ4n) is 3.44. The Kier molecular flexibility index (Phi) is 11.1. The largest absolute Gasteiger partial charge is 0.427 e. The molecule has 0 radical (unpaired) electrons. The zero-order valence-corrected chi connectivity index (χ0v) is 20.4. The number of carbonyl (C=O) groups excluding carboxylic acids is 2. The number of sulfone groups is 1. The second-order valence-corrected chi connectivity index (χ2v) is 10.0. The molecule has 0 N–H and O–H groups in total. The summed E-state index contributed by atoms with van der Waals surface area (Å²) >= 11 is 0. The van der Waals surface area contributed by atoms with Crippen molar-refractivity contribution in [3.8, 4) is 11.5 Å². The van der Waals surface area contributed by atoms with Crippen LogP contribution in [0.25, 0.3) is 0 Å². The van der Waals surface area contributed by atoms with Crippen LogP contribution < -0.4 is 9.47 Å². The Labute approximate surface area is 197 Å².